The first-order chi connectivity index (χ1) is 8.30. The van der Waals surface area contributed by atoms with Crippen molar-refractivity contribution in [3.05, 3.63) is 0 Å². The summed E-state index contributed by atoms with van der Waals surface area (Å²) in [6.45, 7) is 10.0. The summed E-state index contributed by atoms with van der Waals surface area (Å²) in [5, 5.41) is 3.49. The molecular formula is C13H28N2O2S. The summed E-state index contributed by atoms with van der Waals surface area (Å²) in [5.74, 6) is 1.82. The van der Waals surface area contributed by atoms with Gasteiger partial charge in [0.05, 0.1) is 6.26 Å². The molecule has 0 spiro atoms. The molecule has 2 atom stereocenters. The Morgan fingerprint density at radius 2 is 2.00 bits per heavy atom. The summed E-state index contributed by atoms with van der Waals surface area (Å²) in [5.41, 5.74) is 0. The van der Waals surface area contributed by atoms with Gasteiger partial charge in [0.1, 0.15) is 0 Å². The Bertz CT molecular complexity index is 341. The molecule has 0 aliphatic carbocycles. The van der Waals surface area contributed by atoms with Gasteiger partial charge in [-0.05, 0) is 43.7 Å². The molecule has 0 radical (unpaired) electrons. The van der Waals surface area contributed by atoms with Crippen molar-refractivity contribution in [2.45, 2.75) is 33.6 Å². The van der Waals surface area contributed by atoms with Crippen LogP contribution in [0.15, 0.2) is 0 Å². The summed E-state index contributed by atoms with van der Waals surface area (Å²) in [4.78, 5) is 0. The molecule has 0 saturated carbocycles. The second-order valence-corrected chi connectivity index (χ2v) is 7.99. The molecule has 1 rings (SSSR count). The number of nitrogens with one attached hydrogen (secondary N) is 1. The molecule has 1 heterocycles. The molecule has 0 aromatic heterocycles. The molecule has 0 bridgehead atoms. The molecule has 1 fully saturated rings. The van der Waals surface area contributed by atoms with Crippen LogP contribution in [0.1, 0.15) is 33.6 Å². The lowest BCUT2D eigenvalue weighted by Crippen LogP contribution is -2.43. The minimum absolute atomic E-state index is 0.466. The van der Waals surface area contributed by atoms with Crippen molar-refractivity contribution in [3.63, 3.8) is 0 Å². The fraction of sp³-hybridized carbons (Fsp3) is 1.00. The highest BCUT2D eigenvalue weighted by Gasteiger charge is 2.25. The van der Waals surface area contributed by atoms with Crippen molar-refractivity contribution < 1.29 is 8.42 Å². The largest absolute Gasteiger partial charge is 0.316 e. The summed E-state index contributed by atoms with van der Waals surface area (Å²) in [6.07, 6.45) is 3.43. The molecule has 1 aliphatic rings. The summed E-state index contributed by atoms with van der Waals surface area (Å²) < 4.78 is 24.6. The van der Waals surface area contributed by atoms with E-state index >= 15 is 0 Å². The molecule has 4 nitrogen and oxygen atoms in total. The Hall–Kier alpha value is -0.130. The Morgan fingerprint density at radius 1 is 1.33 bits per heavy atom. The van der Waals surface area contributed by atoms with E-state index in [2.05, 4.69) is 26.1 Å². The monoisotopic (exact) mass is 276 g/mol. The van der Waals surface area contributed by atoms with Gasteiger partial charge in [0.25, 0.3) is 0 Å². The number of rotatable bonds is 6. The van der Waals surface area contributed by atoms with Crippen LogP contribution < -0.4 is 5.32 Å². The van der Waals surface area contributed by atoms with E-state index in [0.717, 1.165) is 25.9 Å². The first-order valence-corrected chi connectivity index (χ1v) is 8.81. The second kappa shape index (κ2) is 6.87. The highest BCUT2D eigenvalue weighted by atomic mass is 32.2. The van der Waals surface area contributed by atoms with Crippen LogP contribution in [0, 0.1) is 17.8 Å². The lowest BCUT2D eigenvalue weighted by atomic mass is 9.96. The van der Waals surface area contributed by atoms with Gasteiger partial charge in [0.2, 0.25) is 10.0 Å². The lowest BCUT2D eigenvalue weighted by Gasteiger charge is -2.31. The average molecular weight is 276 g/mol. The molecule has 0 aromatic rings. The Morgan fingerprint density at radius 3 is 2.56 bits per heavy atom. The van der Waals surface area contributed by atoms with Crippen molar-refractivity contribution in [3.8, 4) is 0 Å². The smallest absolute Gasteiger partial charge is 0.211 e. The van der Waals surface area contributed by atoms with Gasteiger partial charge < -0.3 is 5.32 Å². The van der Waals surface area contributed by atoms with Crippen LogP contribution in [0.5, 0.6) is 0 Å². The molecule has 0 amide bonds. The zero-order valence-electron chi connectivity index (χ0n) is 12.1. The minimum Gasteiger partial charge on any atom is -0.316 e. The van der Waals surface area contributed by atoms with Gasteiger partial charge in [-0.1, -0.05) is 20.8 Å². The molecule has 2 unspecified atom stereocenters. The van der Waals surface area contributed by atoms with Crippen LogP contribution in [0.25, 0.3) is 0 Å². The van der Waals surface area contributed by atoms with E-state index in [9.17, 15) is 8.42 Å². The van der Waals surface area contributed by atoms with E-state index in [1.54, 1.807) is 4.31 Å². The van der Waals surface area contributed by atoms with Gasteiger partial charge in [0.15, 0.2) is 0 Å². The number of sulfonamides is 1. The minimum atomic E-state index is -3.01. The first kappa shape index (κ1) is 15.9. The average Bonchev–Trinajstić information content (AvgIpc) is 2.28. The number of piperidine rings is 1. The van der Waals surface area contributed by atoms with E-state index in [4.69, 9.17) is 0 Å². The standard InChI is InChI=1S/C13H28N2O2S/c1-11(2)12(3)8-14-9-13-6-5-7-15(10-13)18(4,16)17/h11-14H,5-10H2,1-4H3. The van der Waals surface area contributed by atoms with Gasteiger partial charge in [-0.15, -0.1) is 0 Å². The Kier molecular flexibility index (Phi) is 6.08. The van der Waals surface area contributed by atoms with Crippen molar-refractivity contribution in [1.82, 2.24) is 9.62 Å². The topological polar surface area (TPSA) is 49.4 Å². The Labute approximate surface area is 112 Å². The van der Waals surface area contributed by atoms with E-state index in [-0.39, 0.29) is 0 Å². The zero-order valence-corrected chi connectivity index (χ0v) is 13.0. The van der Waals surface area contributed by atoms with E-state index in [1.165, 1.54) is 6.26 Å². The molecule has 5 heteroatoms. The molecule has 1 aliphatic heterocycles. The highest BCUT2D eigenvalue weighted by Crippen LogP contribution is 2.18. The summed E-state index contributed by atoms with van der Waals surface area (Å²) in [7, 11) is -3.01. The lowest BCUT2D eigenvalue weighted by molar-refractivity contribution is 0.255. The highest BCUT2D eigenvalue weighted by molar-refractivity contribution is 7.88. The second-order valence-electron chi connectivity index (χ2n) is 6.01. The maximum Gasteiger partial charge on any atom is 0.211 e. The van der Waals surface area contributed by atoms with Crippen LogP contribution in [-0.2, 0) is 10.0 Å². The third-order valence-electron chi connectivity index (χ3n) is 3.99. The van der Waals surface area contributed by atoms with Gasteiger partial charge in [-0.3, -0.25) is 0 Å². The fourth-order valence-electron chi connectivity index (χ4n) is 2.25. The van der Waals surface area contributed by atoms with Crippen LogP contribution >= 0.6 is 0 Å². The molecular weight excluding hydrogens is 248 g/mol. The molecule has 1 saturated heterocycles. The molecule has 1 N–H and O–H groups in total. The predicted molar refractivity (Wildman–Crippen MR) is 76.0 cm³/mol. The zero-order chi connectivity index (χ0) is 13.8. The van der Waals surface area contributed by atoms with Crippen LogP contribution in [0.4, 0.5) is 0 Å². The van der Waals surface area contributed by atoms with Crippen molar-refractivity contribution >= 4 is 10.0 Å². The van der Waals surface area contributed by atoms with E-state index < -0.39 is 10.0 Å². The number of nitrogens with zero attached hydrogens (tertiary/aromatic N) is 1. The maximum atomic E-state index is 11.5. The van der Waals surface area contributed by atoms with Crippen LogP contribution in [0.2, 0.25) is 0 Å². The molecule has 108 valence electrons. The van der Waals surface area contributed by atoms with E-state index in [1.807, 2.05) is 0 Å². The van der Waals surface area contributed by atoms with Gasteiger partial charge in [-0.25, -0.2) is 12.7 Å². The SMILES string of the molecule is CC(C)C(C)CNCC1CCCN(S(C)(=O)=O)C1. The third kappa shape index (κ3) is 5.24. The summed E-state index contributed by atoms with van der Waals surface area (Å²) in [6, 6.07) is 0. The third-order valence-corrected chi connectivity index (χ3v) is 5.26. The maximum absolute atomic E-state index is 11.5. The van der Waals surface area contributed by atoms with Crippen molar-refractivity contribution in [2.24, 2.45) is 17.8 Å². The Balaban J connectivity index is 2.31. The van der Waals surface area contributed by atoms with Gasteiger partial charge >= 0.3 is 0 Å². The summed E-state index contributed by atoms with van der Waals surface area (Å²) >= 11 is 0. The number of hydrogen-bond acceptors (Lipinski definition) is 3. The van der Waals surface area contributed by atoms with Crippen molar-refractivity contribution in [2.75, 3.05) is 32.4 Å². The molecule has 0 aromatic carbocycles. The first-order valence-electron chi connectivity index (χ1n) is 6.96. The predicted octanol–water partition coefficient (Wildman–Crippen LogP) is 1.54. The van der Waals surface area contributed by atoms with Crippen LogP contribution in [0.3, 0.4) is 0 Å². The quantitative estimate of drug-likeness (QED) is 0.800. The molecule has 18 heavy (non-hydrogen) atoms. The fourth-order valence-corrected chi connectivity index (χ4v) is 3.19. The van der Waals surface area contributed by atoms with Crippen molar-refractivity contribution in [1.29, 1.82) is 0 Å². The number of hydrogen-bond donors (Lipinski definition) is 1. The normalized spacial score (nSPS) is 24.4. The van der Waals surface area contributed by atoms with Crippen LogP contribution in [-0.4, -0.2) is 45.2 Å². The van der Waals surface area contributed by atoms with Gasteiger partial charge in [0, 0.05) is 13.1 Å². The van der Waals surface area contributed by atoms with E-state index in [0.29, 0.717) is 30.8 Å². The van der Waals surface area contributed by atoms with Gasteiger partial charge in [-0.2, -0.15) is 0 Å².